The van der Waals surface area contributed by atoms with Crippen molar-refractivity contribution in [2.75, 3.05) is 4.90 Å². The van der Waals surface area contributed by atoms with Crippen molar-refractivity contribution in [3.05, 3.63) is 168 Å². The highest BCUT2D eigenvalue weighted by Crippen LogP contribution is 2.53. The van der Waals surface area contributed by atoms with Crippen molar-refractivity contribution in [2.24, 2.45) is 5.41 Å². The highest BCUT2D eigenvalue weighted by molar-refractivity contribution is 6.09. The molecule has 0 radical (unpaired) electrons. The minimum atomic E-state index is -0.315. The maximum atomic E-state index is 10.4. The van der Waals surface area contributed by atoms with Crippen LogP contribution in [0.15, 0.2) is 162 Å². The van der Waals surface area contributed by atoms with Crippen LogP contribution in [0, 0.1) is 28.1 Å². The number of rotatable bonds is 5. The van der Waals surface area contributed by atoms with Gasteiger partial charge in [-0.15, -0.1) is 0 Å². The fourth-order valence-electron chi connectivity index (χ4n) is 7.81. The molecular weight excluding hydrogens is 597 g/mol. The number of benzene rings is 5. The Bertz CT molecular complexity index is 2440. The Hall–Kier alpha value is -6.36. The molecule has 2 heterocycles. The van der Waals surface area contributed by atoms with Crippen LogP contribution in [0.5, 0.6) is 0 Å². The van der Waals surface area contributed by atoms with Gasteiger partial charge in [-0.25, -0.2) is 0 Å². The Balaban J connectivity index is 1.19. The van der Waals surface area contributed by atoms with Gasteiger partial charge >= 0.3 is 0 Å². The van der Waals surface area contributed by atoms with Gasteiger partial charge < -0.3 is 9.47 Å². The lowest BCUT2D eigenvalue weighted by molar-refractivity contribution is 0.476. The van der Waals surface area contributed by atoms with Crippen molar-refractivity contribution < 1.29 is 0 Å². The zero-order valence-corrected chi connectivity index (χ0v) is 27.7. The molecule has 2 aliphatic rings. The molecule has 0 saturated heterocycles. The van der Waals surface area contributed by atoms with Crippen LogP contribution in [0.4, 0.5) is 5.69 Å². The lowest BCUT2D eigenvalue weighted by Crippen LogP contribution is -2.39. The molecule has 49 heavy (non-hydrogen) atoms. The molecule has 0 N–H and O–H groups in total. The largest absolute Gasteiger partial charge is 0.331 e. The van der Waals surface area contributed by atoms with Gasteiger partial charge in [-0.1, -0.05) is 115 Å². The molecule has 0 spiro atoms. The molecule has 0 amide bonds. The number of para-hydroxylation sites is 3. The Morgan fingerprint density at radius 1 is 0.735 bits per heavy atom. The maximum absolute atomic E-state index is 10.4. The van der Waals surface area contributed by atoms with Gasteiger partial charge in [0.2, 0.25) is 0 Å². The van der Waals surface area contributed by atoms with Gasteiger partial charge in [0.05, 0.1) is 39.6 Å². The summed E-state index contributed by atoms with van der Waals surface area (Å²) < 4.78 is 2.33. The quantitative estimate of drug-likeness (QED) is 0.178. The zero-order chi connectivity index (χ0) is 33.7. The number of hydrogen-bond donors (Lipinski definition) is 0. The van der Waals surface area contributed by atoms with Crippen LogP contribution >= 0.6 is 0 Å². The second-order valence-corrected chi connectivity index (χ2v) is 12.9. The van der Waals surface area contributed by atoms with Crippen molar-refractivity contribution in [3.8, 4) is 40.1 Å². The molecule has 0 fully saturated rings. The van der Waals surface area contributed by atoms with Crippen LogP contribution in [-0.2, 0) is 0 Å². The Labute approximate surface area is 287 Å². The molecular formula is C45H34N4. The SMILES string of the molecule is C/C=C(/C#N)C1=C(C)C2(C)C=CC=CC2N1c1c(C#N)cccc1-c1ccc(-c2ccc(-n3c4ccccc4c4ccccc43)cc2)cc1. The minimum absolute atomic E-state index is 0.0728. The van der Waals surface area contributed by atoms with E-state index < -0.39 is 0 Å². The van der Waals surface area contributed by atoms with E-state index >= 15 is 0 Å². The first-order valence-electron chi connectivity index (χ1n) is 16.6. The van der Waals surface area contributed by atoms with E-state index in [1.165, 1.54) is 21.8 Å². The van der Waals surface area contributed by atoms with E-state index in [4.69, 9.17) is 0 Å². The van der Waals surface area contributed by atoms with E-state index in [1.807, 2.05) is 25.1 Å². The summed E-state index contributed by atoms with van der Waals surface area (Å²) in [6.45, 7) is 6.23. The van der Waals surface area contributed by atoms with E-state index in [9.17, 15) is 10.5 Å². The maximum Gasteiger partial charge on any atom is 0.101 e. The smallest absolute Gasteiger partial charge is 0.101 e. The van der Waals surface area contributed by atoms with Gasteiger partial charge in [-0.05, 0) is 73.4 Å². The molecule has 5 aromatic carbocycles. The van der Waals surface area contributed by atoms with Crippen molar-refractivity contribution in [3.63, 3.8) is 0 Å². The molecule has 6 aromatic rings. The number of anilines is 1. The average molecular weight is 631 g/mol. The predicted octanol–water partition coefficient (Wildman–Crippen LogP) is 11.1. The van der Waals surface area contributed by atoms with Gasteiger partial charge in [0.25, 0.3) is 0 Å². The lowest BCUT2D eigenvalue weighted by atomic mass is 9.75. The van der Waals surface area contributed by atoms with Gasteiger partial charge in [0, 0.05) is 27.4 Å². The van der Waals surface area contributed by atoms with Crippen molar-refractivity contribution in [1.29, 1.82) is 10.5 Å². The lowest BCUT2D eigenvalue weighted by Gasteiger charge is -2.37. The molecule has 234 valence electrons. The standard InChI is InChI=1S/C45H34N4/c1-4-31(28-46)43-30(2)45(3)27-10-9-18-42(45)49(43)44-35(29-47)12-11-15-37(44)34-21-19-32(20-22-34)33-23-25-36(26-24-33)48-40-16-7-5-13-38(40)39-14-6-8-17-41(39)48/h4-27,42H,1-3H3/b31-4-. The molecule has 4 heteroatoms. The normalized spacial score (nSPS) is 18.6. The monoisotopic (exact) mass is 630 g/mol. The molecule has 8 rings (SSSR count). The second kappa shape index (κ2) is 11.7. The Kier molecular flexibility index (Phi) is 7.17. The average Bonchev–Trinajstić information content (AvgIpc) is 3.61. The number of nitrogens with zero attached hydrogens (tertiary/aromatic N) is 4. The fraction of sp³-hybridized carbons (Fsp3) is 0.111. The molecule has 1 aromatic heterocycles. The van der Waals surface area contributed by atoms with Crippen LogP contribution in [0.2, 0.25) is 0 Å². The van der Waals surface area contributed by atoms with E-state index in [0.29, 0.717) is 11.1 Å². The molecule has 2 unspecified atom stereocenters. The van der Waals surface area contributed by atoms with E-state index in [0.717, 1.165) is 44.9 Å². The molecule has 2 atom stereocenters. The van der Waals surface area contributed by atoms with Crippen molar-refractivity contribution in [2.45, 2.75) is 26.8 Å². The summed E-state index contributed by atoms with van der Waals surface area (Å²) >= 11 is 0. The summed E-state index contributed by atoms with van der Waals surface area (Å²) in [5.41, 5.74) is 11.4. The number of aromatic nitrogens is 1. The van der Waals surface area contributed by atoms with Gasteiger partial charge in [-0.2, -0.15) is 10.5 Å². The summed E-state index contributed by atoms with van der Waals surface area (Å²) in [6.07, 6.45) is 10.4. The first kappa shape index (κ1) is 30.0. The molecule has 0 bridgehead atoms. The summed E-state index contributed by atoms with van der Waals surface area (Å²) in [5, 5.41) is 23.1. The highest BCUT2D eigenvalue weighted by atomic mass is 15.2. The molecule has 1 aliphatic carbocycles. The van der Waals surface area contributed by atoms with E-state index in [2.05, 4.69) is 163 Å². The molecule has 1 aliphatic heterocycles. The Morgan fingerprint density at radius 3 is 1.96 bits per heavy atom. The van der Waals surface area contributed by atoms with Crippen LogP contribution < -0.4 is 4.90 Å². The third-order valence-electron chi connectivity index (χ3n) is 10.4. The number of allylic oxidation sites excluding steroid dienone is 4. The molecule has 4 nitrogen and oxygen atoms in total. The van der Waals surface area contributed by atoms with E-state index in [1.54, 1.807) is 0 Å². The predicted molar refractivity (Wildman–Crippen MR) is 201 cm³/mol. The topological polar surface area (TPSA) is 55.8 Å². The van der Waals surface area contributed by atoms with Gasteiger partial charge in [-0.3, -0.25) is 0 Å². The third kappa shape index (κ3) is 4.57. The number of hydrogen-bond acceptors (Lipinski definition) is 3. The number of fused-ring (bicyclic) bond motifs is 4. The van der Waals surface area contributed by atoms with Crippen LogP contribution in [-0.4, -0.2) is 10.6 Å². The second-order valence-electron chi connectivity index (χ2n) is 12.9. The van der Waals surface area contributed by atoms with Crippen LogP contribution in [0.1, 0.15) is 26.3 Å². The Morgan fingerprint density at radius 2 is 1.35 bits per heavy atom. The van der Waals surface area contributed by atoms with Gasteiger partial charge in [0.1, 0.15) is 12.1 Å². The van der Waals surface area contributed by atoms with Crippen LogP contribution in [0.3, 0.4) is 0 Å². The third-order valence-corrected chi connectivity index (χ3v) is 10.4. The van der Waals surface area contributed by atoms with Crippen LogP contribution in [0.25, 0.3) is 49.7 Å². The minimum Gasteiger partial charge on any atom is -0.331 e. The summed E-state index contributed by atoms with van der Waals surface area (Å²) in [6, 6.07) is 45.2. The van der Waals surface area contributed by atoms with Crippen molar-refractivity contribution >= 4 is 27.5 Å². The summed E-state index contributed by atoms with van der Waals surface area (Å²) in [4.78, 5) is 2.23. The zero-order valence-electron chi connectivity index (χ0n) is 27.7. The van der Waals surface area contributed by atoms with E-state index in [-0.39, 0.29) is 11.5 Å². The van der Waals surface area contributed by atoms with Gasteiger partial charge in [0.15, 0.2) is 0 Å². The first-order valence-corrected chi connectivity index (χ1v) is 16.6. The summed E-state index contributed by atoms with van der Waals surface area (Å²) in [5.74, 6) is 0. The number of nitriles is 2. The first-order chi connectivity index (χ1) is 24.0. The molecule has 0 saturated carbocycles. The highest BCUT2D eigenvalue weighted by Gasteiger charge is 2.48. The fourth-order valence-corrected chi connectivity index (χ4v) is 7.81. The summed E-state index contributed by atoms with van der Waals surface area (Å²) in [7, 11) is 0. The van der Waals surface area contributed by atoms with Crippen molar-refractivity contribution in [1.82, 2.24) is 4.57 Å².